The van der Waals surface area contributed by atoms with Gasteiger partial charge in [-0.3, -0.25) is 9.59 Å². The molecule has 1 aliphatic carbocycles. The van der Waals surface area contributed by atoms with Crippen molar-refractivity contribution in [3.8, 4) is 0 Å². The summed E-state index contributed by atoms with van der Waals surface area (Å²) in [6.45, 7) is 1.57. The predicted octanol–water partition coefficient (Wildman–Crippen LogP) is 2.88. The van der Waals surface area contributed by atoms with Crippen molar-refractivity contribution in [1.29, 1.82) is 0 Å². The number of amides is 1. The van der Waals surface area contributed by atoms with Gasteiger partial charge in [-0.2, -0.15) is 0 Å². The maximum atomic E-state index is 12.5. The van der Waals surface area contributed by atoms with Crippen molar-refractivity contribution in [2.45, 2.75) is 50.2 Å². The molecule has 118 valence electrons. The van der Waals surface area contributed by atoms with Crippen LogP contribution in [0.1, 0.15) is 48.2 Å². The van der Waals surface area contributed by atoms with Gasteiger partial charge in [-0.15, -0.1) is 11.3 Å². The summed E-state index contributed by atoms with van der Waals surface area (Å²) < 4.78 is 6.00. The molecule has 4 rings (SSSR count). The lowest BCUT2D eigenvalue weighted by Crippen LogP contribution is -2.71. The summed E-state index contributed by atoms with van der Waals surface area (Å²) in [5.41, 5.74) is -0.0470. The molecule has 0 bridgehead atoms. The van der Waals surface area contributed by atoms with Gasteiger partial charge in [-0.25, -0.2) is 0 Å². The van der Waals surface area contributed by atoms with Crippen molar-refractivity contribution in [1.82, 2.24) is 4.90 Å². The van der Waals surface area contributed by atoms with E-state index in [0.29, 0.717) is 18.8 Å². The van der Waals surface area contributed by atoms with E-state index in [1.54, 1.807) is 0 Å². The molecule has 4 nitrogen and oxygen atoms in total. The first-order chi connectivity index (χ1) is 10.7. The molecule has 1 aromatic heterocycles. The van der Waals surface area contributed by atoms with Crippen LogP contribution in [0.2, 0.25) is 0 Å². The Bertz CT molecular complexity index is 573. The predicted molar refractivity (Wildman–Crippen MR) is 84.0 cm³/mol. The maximum Gasteiger partial charge on any atom is 0.223 e. The van der Waals surface area contributed by atoms with Crippen LogP contribution in [0.5, 0.6) is 0 Å². The van der Waals surface area contributed by atoms with Gasteiger partial charge >= 0.3 is 0 Å². The standard InChI is InChI=1S/C17H21NO3S/c19-13(14-3-1-10-22-14)6-7-15(20)18-11-17(8-2-9-21-17)16(18)12-4-5-12/h1,3,10,12,16H,2,4-9,11H2/t16-,17+/m1/s1. The van der Waals surface area contributed by atoms with Crippen LogP contribution in [-0.2, 0) is 9.53 Å². The number of hydrogen-bond acceptors (Lipinski definition) is 4. The Morgan fingerprint density at radius 1 is 1.36 bits per heavy atom. The number of rotatable bonds is 5. The Hall–Kier alpha value is -1.20. The van der Waals surface area contributed by atoms with Crippen LogP contribution in [0.4, 0.5) is 0 Å². The second kappa shape index (κ2) is 5.46. The SMILES string of the molecule is O=C(CCC(=O)N1C[C@@]2(CCCO2)[C@H]1C1CC1)c1cccs1. The minimum absolute atomic E-state index is 0.0470. The third-order valence-electron chi connectivity index (χ3n) is 5.20. The van der Waals surface area contributed by atoms with E-state index in [4.69, 9.17) is 4.74 Å². The fourth-order valence-corrected chi connectivity index (χ4v) is 4.69. The second-order valence-corrected chi connectivity index (χ2v) is 7.67. The van der Waals surface area contributed by atoms with E-state index >= 15 is 0 Å². The van der Waals surface area contributed by atoms with E-state index in [1.165, 1.54) is 24.2 Å². The third kappa shape index (κ3) is 2.40. The van der Waals surface area contributed by atoms with E-state index in [1.807, 2.05) is 22.4 Å². The lowest BCUT2D eigenvalue weighted by atomic mass is 9.77. The van der Waals surface area contributed by atoms with Crippen molar-refractivity contribution in [3.63, 3.8) is 0 Å². The smallest absolute Gasteiger partial charge is 0.223 e. The van der Waals surface area contributed by atoms with Crippen LogP contribution in [0.25, 0.3) is 0 Å². The first-order valence-electron chi connectivity index (χ1n) is 8.20. The summed E-state index contributed by atoms with van der Waals surface area (Å²) in [6, 6.07) is 3.98. The minimum Gasteiger partial charge on any atom is -0.371 e. The van der Waals surface area contributed by atoms with E-state index in [-0.39, 0.29) is 23.3 Å². The molecule has 3 fully saturated rings. The molecule has 2 saturated heterocycles. The highest BCUT2D eigenvalue weighted by Gasteiger charge is 2.61. The molecule has 1 aromatic rings. The zero-order valence-electron chi connectivity index (χ0n) is 12.6. The minimum atomic E-state index is -0.0470. The van der Waals surface area contributed by atoms with Gasteiger partial charge in [-0.05, 0) is 43.0 Å². The number of thiophene rings is 1. The molecule has 2 aliphatic heterocycles. The lowest BCUT2D eigenvalue weighted by molar-refractivity contribution is -0.184. The zero-order chi connectivity index (χ0) is 15.2. The average molecular weight is 319 g/mol. The van der Waals surface area contributed by atoms with Gasteiger partial charge in [0.05, 0.1) is 17.5 Å². The van der Waals surface area contributed by atoms with Crippen molar-refractivity contribution in [2.24, 2.45) is 5.92 Å². The Morgan fingerprint density at radius 3 is 2.86 bits per heavy atom. The van der Waals surface area contributed by atoms with Crippen LogP contribution in [0.15, 0.2) is 17.5 Å². The number of hydrogen-bond donors (Lipinski definition) is 0. The van der Waals surface area contributed by atoms with Crippen LogP contribution >= 0.6 is 11.3 Å². The van der Waals surface area contributed by atoms with Gasteiger partial charge in [0.2, 0.25) is 5.91 Å². The lowest BCUT2D eigenvalue weighted by Gasteiger charge is -2.55. The Balaban J connectivity index is 1.36. The van der Waals surface area contributed by atoms with Crippen molar-refractivity contribution >= 4 is 23.0 Å². The van der Waals surface area contributed by atoms with Gasteiger partial charge < -0.3 is 9.64 Å². The van der Waals surface area contributed by atoms with Gasteiger partial charge in [0.15, 0.2) is 5.78 Å². The molecule has 0 aromatic carbocycles. The quantitative estimate of drug-likeness (QED) is 0.784. The van der Waals surface area contributed by atoms with E-state index in [2.05, 4.69) is 0 Å². The molecule has 22 heavy (non-hydrogen) atoms. The van der Waals surface area contributed by atoms with Crippen LogP contribution in [0, 0.1) is 5.92 Å². The Kier molecular flexibility index (Phi) is 3.57. The number of carbonyl (C=O) groups is 2. The van der Waals surface area contributed by atoms with Crippen LogP contribution in [-0.4, -0.2) is 41.4 Å². The second-order valence-electron chi connectivity index (χ2n) is 6.72. The van der Waals surface area contributed by atoms with Crippen molar-refractivity contribution in [2.75, 3.05) is 13.2 Å². The molecule has 1 spiro atoms. The van der Waals surface area contributed by atoms with Crippen LogP contribution in [0.3, 0.4) is 0 Å². The first kappa shape index (κ1) is 14.4. The normalized spacial score (nSPS) is 30.5. The average Bonchev–Trinajstić information content (AvgIpc) is 3.00. The molecule has 3 heterocycles. The van der Waals surface area contributed by atoms with Crippen LogP contribution < -0.4 is 0 Å². The molecule has 0 unspecified atom stereocenters. The molecule has 1 amide bonds. The van der Waals surface area contributed by atoms with Crippen molar-refractivity contribution in [3.05, 3.63) is 22.4 Å². The number of ether oxygens (including phenoxy) is 1. The maximum absolute atomic E-state index is 12.5. The monoisotopic (exact) mass is 319 g/mol. The Morgan fingerprint density at radius 2 is 2.23 bits per heavy atom. The summed E-state index contributed by atoms with van der Waals surface area (Å²) in [5.74, 6) is 0.838. The highest BCUT2D eigenvalue weighted by atomic mass is 32.1. The number of nitrogens with zero attached hydrogens (tertiary/aromatic N) is 1. The highest BCUT2D eigenvalue weighted by molar-refractivity contribution is 7.12. The molecule has 3 aliphatic rings. The number of ketones is 1. The first-order valence-corrected chi connectivity index (χ1v) is 9.08. The topological polar surface area (TPSA) is 46.6 Å². The summed E-state index contributed by atoms with van der Waals surface area (Å²) in [5, 5.41) is 1.90. The molecule has 0 N–H and O–H groups in total. The molecule has 5 heteroatoms. The molecule has 0 radical (unpaired) electrons. The number of carbonyl (C=O) groups excluding carboxylic acids is 2. The van der Waals surface area contributed by atoms with E-state index in [0.717, 1.165) is 30.9 Å². The Labute approximate surface area is 134 Å². The fraction of sp³-hybridized carbons (Fsp3) is 0.647. The summed E-state index contributed by atoms with van der Waals surface area (Å²) in [7, 11) is 0. The summed E-state index contributed by atoms with van der Waals surface area (Å²) in [6.07, 6.45) is 5.28. The largest absolute Gasteiger partial charge is 0.371 e. The van der Waals surface area contributed by atoms with Crippen molar-refractivity contribution < 1.29 is 14.3 Å². The van der Waals surface area contributed by atoms with E-state index < -0.39 is 0 Å². The molecule has 1 saturated carbocycles. The van der Waals surface area contributed by atoms with Gasteiger partial charge in [0, 0.05) is 19.4 Å². The number of Topliss-reactive ketones (excluding diaryl/α,β-unsaturated/α-hetero) is 1. The molecular weight excluding hydrogens is 298 g/mol. The summed E-state index contributed by atoms with van der Waals surface area (Å²) >= 11 is 1.45. The van der Waals surface area contributed by atoms with Gasteiger partial charge in [-0.1, -0.05) is 6.07 Å². The van der Waals surface area contributed by atoms with E-state index in [9.17, 15) is 9.59 Å². The fourth-order valence-electron chi connectivity index (χ4n) is 3.99. The highest BCUT2D eigenvalue weighted by Crippen LogP contribution is 2.51. The third-order valence-corrected chi connectivity index (χ3v) is 6.11. The number of likely N-dealkylation sites (tertiary alicyclic amines) is 1. The van der Waals surface area contributed by atoms with Gasteiger partial charge in [0.1, 0.15) is 5.60 Å². The molecular formula is C17H21NO3S. The summed E-state index contributed by atoms with van der Waals surface area (Å²) in [4.78, 5) is 27.3. The zero-order valence-corrected chi connectivity index (χ0v) is 13.4. The van der Waals surface area contributed by atoms with Gasteiger partial charge in [0.25, 0.3) is 0 Å². The molecule has 2 atom stereocenters.